The van der Waals surface area contributed by atoms with E-state index in [2.05, 4.69) is 5.32 Å². The molecule has 0 saturated carbocycles. The van der Waals surface area contributed by atoms with Gasteiger partial charge in [0.15, 0.2) is 29.6 Å². The average molecular weight is 415 g/mol. The lowest BCUT2D eigenvalue weighted by Gasteiger charge is -2.26. The maximum Gasteiger partial charge on any atom is 0.338 e. The lowest BCUT2D eigenvalue weighted by atomic mass is 10.1. The van der Waals surface area contributed by atoms with E-state index in [0.717, 1.165) is 0 Å². The van der Waals surface area contributed by atoms with Crippen LogP contribution in [-0.4, -0.2) is 58.1 Å². The van der Waals surface area contributed by atoms with Gasteiger partial charge < -0.3 is 33.7 Å². The second-order valence-corrected chi connectivity index (χ2v) is 6.58. The fourth-order valence-electron chi connectivity index (χ4n) is 3.05. The highest BCUT2D eigenvalue weighted by Crippen LogP contribution is 2.40. The molecule has 0 saturated heterocycles. The second kappa shape index (κ2) is 8.81. The van der Waals surface area contributed by atoms with Crippen molar-refractivity contribution in [2.45, 2.75) is 6.10 Å². The fraction of sp³-hybridized carbons (Fsp3) is 0.333. The largest absolute Gasteiger partial charge is 0.493 e. The van der Waals surface area contributed by atoms with Crippen LogP contribution in [0.5, 0.6) is 28.7 Å². The molecule has 0 radical (unpaired) electrons. The van der Waals surface area contributed by atoms with E-state index in [-0.39, 0.29) is 18.2 Å². The number of ether oxygens (including phenoxy) is 6. The molecular weight excluding hydrogens is 394 g/mol. The number of hydrogen-bond acceptors (Lipinski definition) is 8. The van der Waals surface area contributed by atoms with E-state index in [4.69, 9.17) is 28.4 Å². The van der Waals surface area contributed by atoms with Crippen LogP contribution in [0.1, 0.15) is 10.4 Å². The van der Waals surface area contributed by atoms with Gasteiger partial charge in [0, 0.05) is 0 Å². The third kappa shape index (κ3) is 4.35. The summed E-state index contributed by atoms with van der Waals surface area (Å²) in [5.74, 6) is 1.37. The summed E-state index contributed by atoms with van der Waals surface area (Å²) in [5, 5.41) is 2.67. The van der Waals surface area contributed by atoms with Crippen molar-refractivity contribution in [3.05, 3.63) is 42.0 Å². The number of methoxy groups -OCH3 is 1. The van der Waals surface area contributed by atoms with Crippen LogP contribution in [0.3, 0.4) is 0 Å². The number of carbonyl (C=O) groups excluding carboxylic acids is 2. The van der Waals surface area contributed by atoms with E-state index in [0.29, 0.717) is 48.6 Å². The van der Waals surface area contributed by atoms with Gasteiger partial charge in [0.25, 0.3) is 5.91 Å². The van der Waals surface area contributed by atoms with Gasteiger partial charge in [-0.2, -0.15) is 0 Å². The molecule has 0 aliphatic carbocycles. The minimum atomic E-state index is -0.674. The summed E-state index contributed by atoms with van der Waals surface area (Å²) in [4.78, 5) is 24.4. The molecule has 0 unspecified atom stereocenters. The van der Waals surface area contributed by atoms with Crippen LogP contribution in [-0.2, 0) is 9.53 Å². The van der Waals surface area contributed by atoms with Crippen LogP contribution in [0.2, 0.25) is 0 Å². The summed E-state index contributed by atoms with van der Waals surface area (Å²) in [7, 11) is 1.46. The molecule has 0 aromatic heterocycles. The third-order valence-electron chi connectivity index (χ3n) is 4.49. The maximum absolute atomic E-state index is 12.3. The maximum atomic E-state index is 12.3. The molecule has 1 amide bonds. The average Bonchev–Trinajstić information content (AvgIpc) is 2.80. The number of amides is 1. The summed E-state index contributed by atoms with van der Waals surface area (Å²) >= 11 is 0. The van der Waals surface area contributed by atoms with Gasteiger partial charge >= 0.3 is 5.97 Å². The molecule has 0 bridgehead atoms. The molecule has 2 aromatic rings. The van der Waals surface area contributed by atoms with Crippen LogP contribution in [0.4, 0.5) is 0 Å². The Kier molecular flexibility index (Phi) is 5.78. The molecular formula is C21H21NO8. The van der Waals surface area contributed by atoms with E-state index in [9.17, 15) is 9.59 Å². The summed E-state index contributed by atoms with van der Waals surface area (Å²) in [6, 6.07) is 10.3. The monoisotopic (exact) mass is 415 g/mol. The van der Waals surface area contributed by atoms with E-state index >= 15 is 0 Å². The number of nitrogens with one attached hydrogen (secondary N) is 1. The molecule has 4 rings (SSSR count). The van der Waals surface area contributed by atoms with Crippen LogP contribution >= 0.6 is 0 Å². The Morgan fingerprint density at radius 2 is 1.87 bits per heavy atom. The molecule has 1 N–H and O–H groups in total. The van der Waals surface area contributed by atoms with Crippen molar-refractivity contribution >= 4 is 11.9 Å². The normalized spacial score (nSPS) is 16.4. The van der Waals surface area contributed by atoms with Crippen molar-refractivity contribution in [1.29, 1.82) is 0 Å². The van der Waals surface area contributed by atoms with E-state index in [1.807, 2.05) is 18.2 Å². The molecule has 0 spiro atoms. The first-order valence-electron chi connectivity index (χ1n) is 9.44. The first-order chi connectivity index (χ1) is 14.6. The topological polar surface area (TPSA) is 102 Å². The zero-order chi connectivity index (χ0) is 20.9. The molecule has 1 atom stereocenters. The van der Waals surface area contributed by atoms with Gasteiger partial charge in [-0.25, -0.2) is 4.79 Å². The van der Waals surface area contributed by atoms with Crippen LogP contribution in [0.25, 0.3) is 0 Å². The lowest BCUT2D eigenvalue weighted by molar-refractivity contribution is -0.124. The van der Waals surface area contributed by atoms with E-state index in [1.165, 1.54) is 19.2 Å². The Labute approximate surface area is 172 Å². The van der Waals surface area contributed by atoms with Gasteiger partial charge in [0.2, 0.25) is 5.75 Å². The summed E-state index contributed by atoms with van der Waals surface area (Å²) in [6.45, 7) is 0.875. The Bertz CT molecular complexity index is 927. The van der Waals surface area contributed by atoms with Crippen molar-refractivity contribution < 1.29 is 38.0 Å². The predicted molar refractivity (Wildman–Crippen MR) is 104 cm³/mol. The first kappa shape index (κ1) is 19.7. The minimum absolute atomic E-state index is 0.199. The quantitative estimate of drug-likeness (QED) is 0.710. The smallest absolute Gasteiger partial charge is 0.338 e. The fourth-order valence-corrected chi connectivity index (χ4v) is 3.05. The highest BCUT2D eigenvalue weighted by Gasteiger charge is 2.23. The van der Waals surface area contributed by atoms with Crippen molar-refractivity contribution in [2.75, 3.05) is 40.1 Å². The Balaban J connectivity index is 1.28. The second-order valence-electron chi connectivity index (χ2n) is 6.58. The third-order valence-corrected chi connectivity index (χ3v) is 4.49. The Hall–Kier alpha value is -3.62. The minimum Gasteiger partial charge on any atom is -0.493 e. The lowest BCUT2D eigenvalue weighted by Crippen LogP contribution is -2.42. The number of rotatable bonds is 6. The predicted octanol–water partition coefficient (Wildman–Crippen LogP) is 1.58. The molecule has 9 nitrogen and oxygen atoms in total. The van der Waals surface area contributed by atoms with Gasteiger partial charge in [-0.1, -0.05) is 12.1 Å². The number of carbonyl (C=O) groups is 2. The number of benzene rings is 2. The zero-order valence-electron chi connectivity index (χ0n) is 16.3. The Morgan fingerprint density at radius 1 is 1.07 bits per heavy atom. The zero-order valence-corrected chi connectivity index (χ0v) is 16.3. The molecule has 30 heavy (non-hydrogen) atoms. The van der Waals surface area contributed by atoms with Gasteiger partial charge in [-0.3, -0.25) is 4.79 Å². The van der Waals surface area contributed by atoms with Gasteiger partial charge in [-0.15, -0.1) is 0 Å². The van der Waals surface area contributed by atoms with Crippen LogP contribution < -0.4 is 29.0 Å². The molecule has 2 aliphatic rings. The van der Waals surface area contributed by atoms with Crippen molar-refractivity contribution in [3.63, 3.8) is 0 Å². The molecule has 0 fully saturated rings. The van der Waals surface area contributed by atoms with E-state index in [1.54, 1.807) is 6.07 Å². The number of hydrogen-bond donors (Lipinski definition) is 1. The number of fused-ring (bicyclic) bond motifs is 2. The summed E-state index contributed by atoms with van der Waals surface area (Å²) in [5.41, 5.74) is 0.199. The molecule has 2 aromatic carbocycles. The summed E-state index contributed by atoms with van der Waals surface area (Å²) in [6.07, 6.45) is -0.332. The van der Waals surface area contributed by atoms with Crippen molar-refractivity contribution in [2.24, 2.45) is 0 Å². The molecule has 2 heterocycles. The molecule has 158 valence electrons. The van der Waals surface area contributed by atoms with Crippen LogP contribution in [0, 0.1) is 0 Å². The molecule has 9 heteroatoms. The van der Waals surface area contributed by atoms with Crippen LogP contribution in [0.15, 0.2) is 36.4 Å². The highest BCUT2D eigenvalue weighted by molar-refractivity contribution is 5.92. The van der Waals surface area contributed by atoms with Crippen molar-refractivity contribution in [1.82, 2.24) is 5.32 Å². The SMILES string of the molecule is COc1cc(C(=O)OCC(=O)NC[C@H]2COc3ccccc3O2)cc2c1OCCO2. The first-order valence-corrected chi connectivity index (χ1v) is 9.44. The van der Waals surface area contributed by atoms with Gasteiger partial charge in [0.1, 0.15) is 25.9 Å². The highest BCUT2D eigenvalue weighted by atomic mass is 16.6. The van der Waals surface area contributed by atoms with Gasteiger partial charge in [0.05, 0.1) is 19.2 Å². The van der Waals surface area contributed by atoms with Crippen molar-refractivity contribution in [3.8, 4) is 28.7 Å². The summed E-state index contributed by atoms with van der Waals surface area (Å²) < 4.78 is 32.7. The number of esters is 1. The van der Waals surface area contributed by atoms with E-state index < -0.39 is 18.5 Å². The Morgan fingerprint density at radius 3 is 2.70 bits per heavy atom. The molecule has 2 aliphatic heterocycles. The van der Waals surface area contributed by atoms with Gasteiger partial charge in [-0.05, 0) is 24.3 Å². The standard InChI is InChI=1S/C21H21NO8/c1-25-17-8-13(9-18-20(17)27-7-6-26-18)21(24)29-12-19(23)22-10-14-11-28-15-4-2-3-5-16(15)30-14/h2-5,8-9,14H,6-7,10-12H2,1H3,(H,22,23)/t14-/m0/s1. The number of para-hydroxylation sites is 2.